The van der Waals surface area contributed by atoms with Gasteiger partial charge in [-0.1, -0.05) is 0 Å². The van der Waals surface area contributed by atoms with Crippen molar-refractivity contribution in [3.63, 3.8) is 0 Å². The van der Waals surface area contributed by atoms with Crippen LogP contribution in [0.4, 0.5) is 5.82 Å². The van der Waals surface area contributed by atoms with Gasteiger partial charge in [-0.15, -0.1) is 0 Å². The topological polar surface area (TPSA) is 98.3 Å². The second kappa shape index (κ2) is 7.55. The van der Waals surface area contributed by atoms with E-state index in [9.17, 15) is 9.59 Å². The highest BCUT2D eigenvalue weighted by atomic mass is 16.2. The molecule has 2 aromatic heterocycles. The molecule has 154 valence electrons. The molecule has 2 aliphatic heterocycles. The number of carbonyl (C=O) groups excluding carboxylic acids is 1. The van der Waals surface area contributed by atoms with Crippen LogP contribution in [-0.4, -0.2) is 75.4 Å². The van der Waals surface area contributed by atoms with Crippen LogP contribution in [0.3, 0.4) is 0 Å². The first-order valence-corrected chi connectivity index (χ1v) is 9.96. The van der Waals surface area contributed by atoms with Crippen LogP contribution in [0.5, 0.6) is 0 Å². The molecule has 0 saturated carbocycles. The van der Waals surface area contributed by atoms with Crippen molar-refractivity contribution in [3.8, 4) is 0 Å². The van der Waals surface area contributed by atoms with E-state index in [0.717, 1.165) is 36.6 Å². The van der Waals surface area contributed by atoms with Crippen molar-refractivity contribution in [3.05, 3.63) is 45.0 Å². The predicted molar refractivity (Wildman–Crippen MR) is 109 cm³/mol. The molecule has 0 radical (unpaired) electrons. The lowest BCUT2D eigenvalue weighted by atomic mass is 10.1. The molecule has 4 heterocycles. The molecule has 0 spiro atoms. The molecule has 1 amide bonds. The maximum absolute atomic E-state index is 13.2. The van der Waals surface area contributed by atoms with E-state index in [0.29, 0.717) is 36.8 Å². The second-order valence-corrected chi connectivity index (χ2v) is 8.07. The van der Waals surface area contributed by atoms with Gasteiger partial charge in [0.25, 0.3) is 11.5 Å². The lowest BCUT2D eigenvalue weighted by Gasteiger charge is -2.28. The number of hydrogen-bond acceptors (Lipinski definition) is 7. The molecule has 9 heteroatoms. The van der Waals surface area contributed by atoms with Crippen molar-refractivity contribution in [2.45, 2.75) is 39.3 Å². The number of anilines is 1. The Labute approximate surface area is 169 Å². The fraction of sp³-hybridized carbons (Fsp3) is 0.550. The summed E-state index contributed by atoms with van der Waals surface area (Å²) in [6.45, 7) is 6.49. The number of nitrogens with zero attached hydrogens (tertiary/aromatic N) is 6. The van der Waals surface area contributed by atoms with Gasteiger partial charge in [0.2, 0.25) is 5.82 Å². The molecule has 1 N–H and O–H groups in total. The lowest BCUT2D eigenvalue weighted by Crippen LogP contribution is -2.40. The van der Waals surface area contributed by atoms with Crippen LogP contribution in [0.25, 0.3) is 0 Å². The Kier molecular flexibility index (Phi) is 5.08. The zero-order valence-electron chi connectivity index (χ0n) is 17.4. The fourth-order valence-electron chi connectivity index (χ4n) is 4.05. The highest BCUT2D eigenvalue weighted by Crippen LogP contribution is 2.26. The van der Waals surface area contributed by atoms with E-state index in [-0.39, 0.29) is 17.3 Å². The first-order valence-electron chi connectivity index (χ1n) is 9.96. The Morgan fingerprint density at radius 3 is 2.76 bits per heavy atom. The number of aromatic nitrogens is 4. The molecule has 2 aromatic rings. The van der Waals surface area contributed by atoms with Crippen LogP contribution in [-0.2, 0) is 13.0 Å². The Hall–Kier alpha value is -2.81. The average molecular weight is 397 g/mol. The summed E-state index contributed by atoms with van der Waals surface area (Å²) < 4.78 is 0. The molecule has 4 rings (SSSR count). The van der Waals surface area contributed by atoms with Gasteiger partial charge in [-0.3, -0.25) is 9.59 Å². The Bertz CT molecular complexity index is 1000. The zero-order valence-corrected chi connectivity index (χ0v) is 17.4. The third-order valence-corrected chi connectivity index (χ3v) is 6.05. The third kappa shape index (κ3) is 3.62. The first kappa shape index (κ1) is 19.5. The Balaban J connectivity index is 1.60. The molecule has 0 aliphatic carbocycles. The van der Waals surface area contributed by atoms with Crippen LogP contribution < -0.4 is 10.5 Å². The average Bonchev–Trinajstić information content (AvgIpc) is 3.19. The Morgan fingerprint density at radius 1 is 1.24 bits per heavy atom. The molecule has 1 saturated heterocycles. The minimum atomic E-state index is -0.217. The van der Waals surface area contributed by atoms with Gasteiger partial charge in [0.05, 0.1) is 18.6 Å². The number of rotatable bonds is 3. The number of hydrogen-bond donors (Lipinski definition) is 1. The van der Waals surface area contributed by atoms with Crippen molar-refractivity contribution < 1.29 is 4.79 Å². The smallest absolute Gasteiger partial charge is 0.292 e. The van der Waals surface area contributed by atoms with Crippen molar-refractivity contribution in [2.75, 3.05) is 38.6 Å². The molecule has 29 heavy (non-hydrogen) atoms. The number of fused-ring (bicyclic) bond motifs is 1. The number of carbonyl (C=O) groups is 1. The third-order valence-electron chi connectivity index (χ3n) is 6.05. The predicted octanol–water partition coefficient (Wildman–Crippen LogP) is 0.516. The molecular weight excluding hydrogens is 370 g/mol. The van der Waals surface area contributed by atoms with E-state index >= 15 is 0 Å². The van der Waals surface area contributed by atoms with E-state index in [1.54, 1.807) is 4.90 Å². The van der Waals surface area contributed by atoms with E-state index in [1.807, 2.05) is 13.8 Å². The van der Waals surface area contributed by atoms with Gasteiger partial charge in [0.1, 0.15) is 5.82 Å². The number of amides is 1. The summed E-state index contributed by atoms with van der Waals surface area (Å²) in [6, 6.07) is 0.478. The fourth-order valence-corrected chi connectivity index (χ4v) is 4.05. The standard InChI is InChI=1S/C20H27N7O2/c1-12-13(2)23-17(24-18(12)26-7-5-14(9-26)25(3)4)20(29)27-8-6-15-16(10-27)21-11-22-19(15)28/h11,14H,5-10H2,1-4H3,(H,21,22,28)/t14-/m1/s1. The van der Waals surface area contributed by atoms with Gasteiger partial charge < -0.3 is 19.7 Å². The molecule has 1 atom stereocenters. The van der Waals surface area contributed by atoms with Gasteiger partial charge in [-0.25, -0.2) is 15.0 Å². The Morgan fingerprint density at radius 2 is 2.03 bits per heavy atom. The SMILES string of the molecule is Cc1nc(C(=O)N2CCc3c(nc[nH]c3=O)C2)nc(N2CC[C@@H](N(C)C)C2)c1C. The normalized spacial score (nSPS) is 19.0. The summed E-state index contributed by atoms with van der Waals surface area (Å²) in [7, 11) is 4.18. The molecule has 0 unspecified atom stereocenters. The van der Waals surface area contributed by atoms with Crippen LogP contribution >= 0.6 is 0 Å². The maximum atomic E-state index is 13.2. The van der Waals surface area contributed by atoms with Gasteiger partial charge in [-0.2, -0.15) is 0 Å². The maximum Gasteiger partial charge on any atom is 0.292 e. The number of H-pyrrole nitrogens is 1. The molecule has 0 bridgehead atoms. The van der Waals surface area contributed by atoms with E-state index in [4.69, 9.17) is 0 Å². The van der Waals surface area contributed by atoms with E-state index in [2.05, 4.69) is 43.8 Å². The van der Waals surface area contributed by atoms with Crippen molar-refractivity contribution in [1.82, 2.24) is 29.7 Å². The summed E-state index contributed by atoms with van der Waals surface area (Å²) in [5.41, 5.74) is 3.00. The van der Waals surface area contributed by atoms with Crippen molar-refractivity contribution in [2.24, 2.45) is 0 Å². The van der Waals surface area contributed by atoms with Gasteiger partial charge in [0.15, 0.2) is 0 Å². The molecular formula is C20H27N7O2. The molecule has 0 aromatic carbocycles. The highest BCUT2D eigenvalue weighted by molar-refractivity contribution is 5.91. The number of nitrogens with one attached hydrogen (secondary N) is 1. The van der Waals surface area contributed by atoms with Gasteiger partial charge >= 0.3 is 0 Å². The van der Waals surface area contributed by atoms with Crippen molar-refractivity contribution >= 4 is 11.7 Å². The zero-order chi connectivity index (χ0) is 20.7. The van der Waals surface area contributed by atoms with Crippen LogP contribution in [0.2, 0.25) is 0 Å². The van der Waals surface area contributed by atoms with E-state index in [1.165, 1.54) is 6.33 Å². The van der Waals surface area contributed by atoms with Crippen LogP contribution in [0, 0.1) is 13.8 Å². The molecule has 2 aliphatic rings. The van der Waals surface area contributed by atoms with Gasteiger partial charge in [-0.05, 0) is 40.8 Å². The number of likely N-dealkylation sites (N-methyl/N-ethyl adjacent to an activating group) is 1. The second-order valence-electron chi connectivity index (χ2n) is 8.07. The summed E-state index contributed by atoms with van der Waals surface area (Å²) in [5, 5.41) is 0. The minimum absolute atomic E-state index is 0.128. The minimum Gasteiger partial charge on any atom is -0.355 e. The van der Waals surface area contributed by atoms with E-state index < -0.39 is 0 Å². The number of aromatic amines is 1. The summed E-state index contributed by atoms with van der Waals surface area (Å²) in [5.74, 6) is 0.840. The quantitative estimate of drug-likeness (QED) is 0.806. The van der Waals surface area contributed by atoms with Gasteiger partial charge in [0, 0.05) is 42.5 Å². The lowest BCUT2D eigenvalue weighted by molar-refractivity contribution is 0.0718. The van der Waals surface area contributed by atoms with Crippen LogP contribution in [0.15, 0.2) is 11.1 Å². The van der Waals surface area contributed by atoms with Crippen molar-refractivity contribution in [1.29, 1.82) is 0 Å². The van der Waals surface area contributed by atoms with Crippen LogP contribution in [0.1, 0.15) is 39.6 Å². The summed E-state index contributed by atoms with van der Waals surface area (Å²) >= 11 is 0. The highest BCUT2D eigenvalue weighted by Gasteiger charge is 2.30. The first-order chi connectivity index (χ1) is 13.8. The monoisotopic (exact) mass is 397 g/mol. The number of aryl methyl sites for hydroxylation is 1. The summed E-state index contributed by atoms with van der Waals surface area (Å²) in [4.78, 5) is 47.2. The summed E-state index contributed by atoms with van der Waals surface area (Å²) in [6.07, 6.45) is 2.94. The molecule has 9 nitrogen and oxygen atoms in total. The molecule has 1 fully saturated rings. The largest absolute Gasteiger partial charge is 0.355 e.